The summed E-state index contributed by atoms with van der Waals surface area (Å²) >= 11 is 0. The summed E-state index contributed by atoms with van der Waals surface area (Å²) in [5, 5.41) is 19.9. The van der Waals surface area contributed by atoms with Gasteiger partial charge in [-0.15, -0.1) is 0 Å². The Hall–Kier alpha value is -4.23. The second-order valence-electron chi connectivity index (χ2n) is 8.07. The third kappa shape index (κ3) is 3.68. The van der Waals surface area contributed by atoms with Crippen LogP contribution >= 0.6 is 0 Å². The summed E-state index contributed by atoms with van der Waals surface area (Å²) in [5.41, 5.74) is 4.64. The number of para-hydroxylation sites is 2. The Morgan fingerprint density at radius 2 is 1.69 bits per heavy atom. The molecule has 7 rings (SSSR count). The van der Waals surface area contributed by atoms with E-state index in [2.05, 4.69) is 50.3 Å². The van der Waals surface area contributed by atoms with Crippen LogP contribution in [-0.2, 0) is 25.9 Å². The van der Waals surface area contributed by atoms with E-state index in [1.54, 1.807) is 4.52 Å². The number of aromatic nitrogens is 5. The van der Waals surface area contributed by atoms with Crippen molar-refractivity contribution in [3.05, 3.63) is 79.0 Å². The summed E-state index contributed by atoms with van der Waals surface area (Å²) in [6, 6.07) is 18.6. The molecule has 0 saturated carbocycles. The van der Waals surface area contributed by atoms with Gasteiger partial charge in [-0.25, -0.2) is 9.50 Å². The molecule has 5 aromatic heterocycles. The molecule has 10 heteroatoms. The van der Waals surface area contributed by atoms with Crippen molar-refractivity contribution >= 4 is 55.2 Å². The van der Waals surface area contributed by atoms with Gasteiger partial charge in [0.05, 0.1) is 16.8 Å². The van der Waals surface area contributed by atoms with Crippen LogP contribution in [0.3, 0.4) is 0 Å². The Kier molecular flexibility index (Phi) is 5.94. The predicted molar refractivity (Wildman–Crippen MR) is 131 cm³/mol. The Labute approximate surface area is 217 Å². The van der Waals surface area contributed by atoms with Gasteiger partial charge in [0.25, 0.3) is 0 Å². The first-order chi connectivity index (χ1) is 17.0. The molecule has 0 bridgehead atoms. The van der Waals surface area contributed by atoms with E-state index >= 15 is 0 Å². The van der Waals surface area contributed by atoms with Crippen molar-refractivity contribution in [2.45, 2.75) is 13.8 Å². The van der Waals surface area contributed by atoms with Gasteiger partial charge in [0, 0.05) is 37.9 Å². The topological polar surface area (TPSA) is 112 Å². The van der Waals surface area contributed by atoms with Crippen molar-refractivity contribution in [3.63, 3.8) is 0 Å². The zero-order valence-corrected chi connectivity index (χ0v) is 21.3. The van der Waals surface area contributed by atoms with E-state index in [-0.39, 0.29) is 32.6 Å². The zero-order chi connectivity index (χ0) is 24.1. The SMILES string of the molecule is CC(=O)/C=C(/C)O.[Pt].[c-]1onc2c3cc(-n4c5ccccc5c5ccccc54)oc3c3ncnn3c12. The maximum atomic E-state index is 10.0. The smallest absolute Gasteiger partial charge is 0.204 e. The first-order valence-electron chi connectivity index (χ1n) is 10.8. The third-order valence-electron chi connectivity index (χ3n) is 5.65. The van der Waals surface area contributed by atoms with Crippen LogP contribution in [0.25, 0.3) is 55.3 Å². The summed E-state index contributed by atoms with van der Waals surface area (Å²) in [5.74, 6) is 0.625. The average molecular weight is 660 g/mol. The van der Waals surface area contributed by atoms with Crippen LogP contribution in [0, 0.1) is 6.26 Å². The number of ketones is 1. The number of nitrogens with zero attached hydrogens (tertiary/aromatic N) is 5. The molecular formula is C26H18N5O4Pt-. The van der Waals surface area contributed by atoms with Gasteiger partial charge in [0.2, 0.25) is 5.88 Å². The number of hydrogen-bond acceptors (Lipinski definition) is 7. The molecule has 0 aliphatic heterocycles. The van der Waals surface area contributed by atoms with Crippen LogP contribution in [0.4, 0.5) is 0 Å². The molecule has 0 atom stereocenters. The minimum absolute atomic E-state index is 0. The Morgan fingerprint density at radius 3 is 2.31 bits per heavy atom. The summed E-state index contributed by atoms with van der Waals surface area (Å²) in [4.78, 5) is 14.4. The van der Waals surface area contributed by atoms with Gasteiger partial charge >= 0.3 is 0 Å². The van der Waals surface area contributed by atoms with E-state index in [9.17, 15) is 4.79 Å². The summed E-state index contributed by atoms with van der Waals surface area (Å²) < 4.78 is 15.2. The van der Waals surface area contributed by atoms with Crippen molar-refractivity contribution in [3.8, 4) is 5.88 Å². The fourth-order valence-electron chi connectivity index (χ4n) is 4.37. The molecule has 0 amide bonds. The van der Waals surface area contributed by atoms with E-state index in [0.29, 0.717) is 28.1 Å². The monoisotopic (exact) mass is 659 g/mol. The molecule has 0 fully saturated rings. The minimum Gasteiger partial charge on any atom is -0.512 e. The maximum absolute atomic E-state index is 10.0. The van der Waals surface area contributed by atoms with Crippen LogP contribution in [0.5, 0.6) is 0 Å². The fourth-order valence-corrected chi connectivity index (χ4v) is 4.37. The largest absolute Gasteiger partial charge is 0.512 e. The maximum Gasteiger partial charge on any atom is 0.204 e. The molecule has 0 unspecified atom stereocenters. The first-order valence-corrected chi connectivity index (χ1v) is 10.8. The van der Waals surface area contributed by atoms with Gasteiger partial charge in [-0.3, -0.25) is 9.36 Å². The fraction of sp³-hybridized carbons (Fsp3) is 0.0769. The summed E-state index contributed by atoms with van der Waals surface area (Å²) in [6.45, 7) is 2.85. The number of carbonyl (C=O) groups is 1. The number of fused-ring (bicyclic) bond motifs is 9. The molecule has 0 aliphatic rings. The molecule has 7 aromatic rings. The summed E-state index contributed by atoms with van der Waals surface area (Å²) in [6.07, 6.45) is 5.42. The van der Waals surface area contributed by atoms with Gasteiger partial charge in [-0.05, 0) is 54.7 Å². The number of benzene rings is 2. The average Bonchev–Trinajstić information content (AvgIpc) is 3.61. The third-order valence-corrected chi connectivity index (χ3v) is 5.65. The van der Waals surface area contributed by atoms with E-state index in [4.69, 9.17) is 14.0 Å². The zero-order valence-electron chi connectivity index (χ0n) is 19.1. The molecule has 2 aromatic carbocycles. The standard InChI is InChI=1S/C21H10N5O2.C5H8O2.Pt/c1-3-7-15-12(5-1)13-6-2-4-8-16(13)25(15)18-9-14-19-17(10-27-24-19)26-21(20(14)28-18)22-11-23-26;1-4(6)3-5(2)7;/h1-9,11H;3,6H,1-2H3;/q-1;;/b;4-3-;. The number of carbonyl (C=O) groups excluding carboxylic acids is 1. The summed E-state index contributed by atoms with van der Waals surface area (Å²) in [7, 11) is 0. The molecule has 0 saturated heterocycles. The Balaban J connectivity index is 0.000000297. The number of allylic oxidation sites excluding steroid dienone is 2. The van der Waals surface area contributed by atoms with Gasteiger partial charge < -0.3 is 14.0 Å². The van der Waals surface area contributed by atoms with Crippen molar-refractivity contribution in [2.24, 2.45) is 0 Å². The van der Waals surface area contributed by atoms with Gasteiger partial charge in [0.15, 0.2) is 17.0 Å². The molecule has 0 spiro atoms. The van der Waals surface area contributed by atoms with Gasteiger partial charge in [0.1, 0.15) is 6.33 Å². The van der Waals surface area contributed by atoms with Crippen molar-refractivity contribution in [1.82, 2.24) is 24.3 Å². The van der Waals surface area contributed by atoms with Crippen LogP contribution in [-0.4, -0.2) is 35.2 Å². The first kappa shape index (κ1) is 23.5. The van der Waals surface area contributed by atoms with Crippen LogP contribution < -0.4 is 0 Å². The Morgan fingerprint density at radius 1 is 1.03 bits per heavy atom. The normalized spacial score (nSPS) is 11.8. The van der Waals surface area contributed by atoms with Crippen LogP contribution in [0.1, 0.15) is 13.8 Å². The number of pyridine rings is 1. The number of rotatable bonds is 2. The van der Waals surface area contributed by atoms with Gasteiger partial charge in [-0.2, -0.15) is 10.3 Å². The van der Waals surface area contributed by atoms with E-state index in [0.717, 1.165) is 16.4 Å². The van der Waals surface area contributed by atoms with Gasteiger partial charge in [-0.1, -0.05) is 36.4 Å². The number of aliphatic hydroxyl groups is 1. The van der Waals surface area contributed by atoms with E-state index < -0.39 is 0 Å². The molecule has 0 aliphatic carbocycles. The molecular weight excluding hydrogens is 641 g/mol. The molecule has 9 nitrogen and oxygen atoms in total. The molecule has 0 radical (unpaired) electrons. The van der Waals surface area contributed by atoms with Crippen LogP contribution in [0.2, 0.25) is 0 Å². The number of aliphatic hydroxyl groups excluding tert-OH is 1. The second-order valence-corrected chi connectivity index (χ2v) is 8.07. The van der Waals surface area contributed by atoms with E-state index in [1.807, 2.05) is 30.3 Å². The molecule has 1 N–H and O–H groups in total. The number of furan rings is 1. The molecule has 36 heavy (non-hydrogen) atoms. The van der Waals surface area contributed by atoms with Crippen molar-refractivity contribution in [2.75, 3.05) is 0 Å². The van der Waals surface area contributed by atoms with E-state index in [1.165, 1.54) is 37.0 Å². The second kappa shape index (κ2) is 9.09. The molecule has 5 heterocycles. The quantitative estimate of drug-likeness (QED) is 0.147. The Bertz CT molecular complexity index is 1800. The predicted octanol–water partition coefficient (Wildman–Crippen LogP) is 5.55. The minimum atomic E-state index is -0.125. The number of hydrogen-bond donors (Lipinski definition) is 1. The van der Waals surface area contributed by atoms with Crippen molar-refractivity contribution < 1.29 is 39.9 Å². The molecule has 182 valence electrons. The van der Waals surface area contributed by atoms with Crippen LogP contribution in [0.15, 0.2) is 81.7 Å². The van der Waals surface area contributed by atoms with Crippen molar-refractivity contribution in [1.29, 1.82) is 0 Å².